The number of pyridine rings is 1. The number of hydrogen-bond donors (Lipinski definition) is 2. The number of nitrogens with zero attached hydrogens (tertiary/aromatic N) is 4. The number of benzene rings is 1. The lowest BCUT2D eigenvalue weighted by Crippen LogP contribution is -2.45. The molecule has 1 aliphatic heterocycles. The first-order chi connectivity index (χ1) is 19.4. The van der Waals surface area contributed by atoms with Crippen molar-refractivity contribution < 1.29 is 18.3 Å². The smallest absolute Gasteiger partial charge is 0.229 e. The molecule has 0 amide bonds. The second-order valence-corrected chi connectivity index (χ2v) is 11.0. The van der Waals surface area contributed by atoms with Crippen LogP contribution in [0, 0.1) is 17.6 Å². The van der Waals surface area contributed by atoms with Crippen molar-refractivity contribution in [1.82, 2.24) is 19.6 Å². The van der Waals surface area contributed by atoms with Crippen LogP contribution in [0.15, 0.2) is 48.9 Å². The molecule has 1 aliphatic carbocycles. The number of ether oxygens (including phenoxy) is 2. The Bertz CT molecular complexity index is 1470. The van der Waals surface area contributed by atoms with E-state index in [1.165, 1.54) is 12.1 Å². The molecule has 1 saturated carbocycles. The highest BCUT2D eigenvalue weighted by Crippen LogP contribution is 2.40. The molecule has 40 heavy (non-hydrogen) atoms. The van der Waals surface area contributed by atoms with Crippen molar-refractivity contribution in [2.75, 3.05) is 25.6 Å². The molecular formula is C30H34F2N6O2. The van der Waals surface area contributed by atoms with Crippen LogP contribution in [-0.2, 0) is 9.47 Å². The number of halogens is 2. The maximum Gasteiger partial charge on any atom is 0.229 e. The molecule has 4 unspecified atom stereocenters. The highest BCUT2D eigenvalue weighted by atomic mass is 19.1. The van der Waals surface area contributed by atoms with Crippen molar-refractivity contribution in [1.29, 1.82) is 0 Å². The van der Waals surface area contributed by atoms with Gasteiger partial charge >= 0.3 is 0 Å². The molecule has 3 aromatic heterocycles. The first kappa shape index (κ1) is 26.7. The van der Waals surface area contributed by atoms with Gasteiger partial charge in [-0.25, -0.2) is 13.8 Å². The lowest BCUT2D eigenvalue weighted by atomic mass is 9.74. The van der Waals surface area contributed by atoms with Gasteiger partial charge in [0.1, 0.15) is 11.6 Å². The van der Waals surface area contributed by atoms with Crippen LogP contribution in [0.25, 0.3) is 16.8 Å². The molecule has 4 heterocycles. The van der Waals surface area contributed by atoms with Gasteiger partial charge in [0.15, 0.2) is 0 Å². The van der Waals surface area contributed by atoms with Crippen LogP contribution in [0.5, 0.6) is 0 Å². The van der Waals surface area contributed by atoms with Gasteiger partial charge in [-0.2, -0.15) is 9.61 Å². The molecule has 4 atom stereocenters. The predicted octanol–water partition coefficient (Wildman–Crippen LogP) is 5.56. The topological polar surface area (TPSA) is 99.6 Å². The first-order valence-electron chi connectivity index (χ1n) is 13.8. The molecule has 1 saturated heterocycles. The van der Waals surface area contributed by atoms with E-state index < -0.39 is 11.6 Å². The third kappa shape index (κ3) is 5.07. The maximum absolute atomic E-state index is 15.3. The number of methoxy groups -OCH3 is 1. The normalized spacial score (nSPS) is 23.9. The fourth-order valence-electron chi connectivity index (χ4n) is 6.42. The van der Waals surface area contributed by atoms with Gasteiger partial charge in [0.25, 0.3) is 0 Å². The fourth-order valence-corrected chi connectivity index (χ4v) is 6.42. The van der Waals surface area contributed by atoms with E-state index in [2.05, 4.69) is 27.3 Å². The molecule has 0 bridgehead atoms. The molecule has 8 nitrogen and oxygen atoms in total. The highest BCUT2D eigenvalue weighted by molar-refractivity contribution is 5.66. The van der Waals surface area contributed by atoms with Crippen LogP contribution in [0.4, 0.5) is 20.4 Å². The monoisotopic (exact) mass is 548 g/mol. The third-order valence-corrected chi connectivity index (χ3v) is 8.41. The largest absolute Gasteiger partial charge is 0.381 e. The maximum atomic E-state index is 15.3. The number of fused-ring (bicyclic) bond motifs is 1. The minimum absolute atomic E-state index is 0.0277. The van der Waals surface area contributed by atoms with Crippen molar-refractivity contribution in [2.24, 2.45) is 11.7 Å². The van der Waals surface area contributed by atoms with Gasteiger partial charge in [-0.3, -0.25) is 4.98 Å². The van der Waals surface area contributed by atoms with E-state index in [0.717, 1.165) is 36.9 Å². The van der Waals surface area contributed by atoms with E-state index in [1.807, 2.05) is 6.07 Å². The summed E-state index contributed by atoms with van der Waals surface area (Å²) in [4.78, 5) is 8.83. The molecule has 1 aromatic carbocycles. The number of aromatic nitrogens is 4. The van der Waals surface area contributed by atoms with E-state index in [1.54, 1.807) is 42.3 Å². The Balaban J connectivity index is 1.30. The lowest BCUT2D eigenvalue weighted by Gasteiger charge is -2.38. The molecule has 3 N–H and O–H groups in total. The van der Waals surface area contributed by atoms with Gasteiger partial charge in [0.05, 0.1) is 41.0 Å². The Kier molecular flexibility index (Phi) is 7.48. The van der Waals surface area contributed by atoms with Crippen LogP contribution in [0.2, 0.25) is 0 Å². The average molecular weight is 549 g/mol. The zero-order chi connectivity index (χ0) is 27.8. The van der Waals surface area contributed by atoms with Gasteiger partial charge in [0.2, 0.25) is 5.95 Å². The summed E-state index contributed by atoms with van der Waals surface area (Å²) in [5, 5.41) is 7.95. The van der Waals surface area contributed by atoms with Crippen molar-refractivity contribution in [2.45, 2.75) is 56.6 Å². The summed E-state index contributed by atoms with van der Waals surface area (Å²) in [7, 11) is 1.71. The zero-order valence-electron chi connectivity index (χ0n) is 22.7. The van der Waals surface area contributed by atoms with Gasteiger partial charge < -0.3 is 20.5 Å². The molecule has 10 heteroatoms. The molecule has 210 valence electrons. The molecule has 0 radical (unpaired) electrons. The van der Waals surface area contributed by atoms with Gasteiger partial charge in [-0.15, -0.1) is 0 Å². The fraction of sp³-hybridized carbons (Fsp3) is 0.433. The SMILES string of the molecule is COC1C(C)CC(c2ccncc2Nc2ncc3ccc(-c4c(F)cc(C5CCOCC5)cc4F)nn23)CC1N. The minimum atomic E-state index is -0.630. The van der Waals surface area contributed by atoms with Crippen molar-refractivity contribution in [3.63, 3.8) is 0 Å². The standard InChI is InChI=1S/C30H34F2N6O2/c1-17-11-20(14-25(33)29(17)39-2)22-5-8-34-16-27(22)36-30-35-15-21-3-4-26(37-38(21)30)28-23(31)12-19(13-24(28)32)18-6-9-40-10-7-18/h3-5,8,12-13,15-18,20,25,29H,6-7,9-11,14,33H2,1-2H3,(H,35,36). The number of hydrogen-bond acceptors (Lipinski definition) is 7. The summed E-state index contributed by atoms with van der Waals surface area (Å²) in [5.41, 5.74) is 9.71. The Morgan fingerprint density at radius 2 is 1.82 bits per heavy atom. The van der Waals surface area contributed by atoms with Crippen LogP contribution in [0.3, 0.4) is 0 Å². The molecule has 4 aromatic rings. The van der Waals surface area contributed by atoms with Crippen LogP contribution in [-0.4, -0.2) is 52.1 Å². The van der Waals surface area contributed by atoms with Gasteiger partial charge in [-0.1, -0.05) is 6.92 Å². The Hall–Kier alpha value is -3.47. The van der Waals surface area contributed by atoms with Crippen molar-refractivity contribution >= 4 is 17.2 Å². The Labute approximate surface area is 231 Å². The van der Waals surface area contributed by atoms with Crippen molar-refractivity contribution in [3.05, 3.63) is 71.7 Å². The van der Waals surface area contributed by atoms with Crippen molar-refractivity contribution in [3.8, 4) is 11.3 Å². The van der Waals surface area contributed by atoms with Gasteiger partial charge in [-0.05, 0) is 84.9 Å². The summed E-state index contributed by atoms with van der Waals surface area (Å²) in [5.74, 6) is -0.228. The van der Waals surface area contributed by atoms with E-state index in [9.17, 15) is 0 Å². The number of rotatable bonds is 6. The zero-order valence-corrected chi connectivity index (χ0v) is 22.7. The predicted molar refractivity (Wildman–Crippen MR) is 149 cm³/mol. The summed E-state index contributed by atoms with van der Waals surface area (Å²) < 4.78 is 43.2. The molecule has 2 aliphatic rings. The minimum Gasteiger partial charge on any atom is -0.381 e. The van der Waals surface area contributed by atoms with Crippen LogP contribution >= 0.6 is 0 Å². The molecule has 2 fully saturated rings. The second-order valence-electron chi connectivity index (χ2n) is 11.0. The third-order valence-electron chi connectivity index (χ3n) is 8.41. The summed E-state index contributed by atoms with van der Waals surface area (Å²) in [6, 6.07) is 8.15. The lowest BCUT2D eigenvalue weighted by molar-refractivity contribution is 0.00984. The molecular weight excluding hydrogens is 514 g/mol. The number of nitrogens with one attached hydrogen (secondary N) is 1. The second kappa shape index (κ2) is 11.2. The van der Waals surface area contributed by atoms with E-state index >= 15 is 8.78 Å². The summed E-state index contributed by atoms with van der Waals surface area (Å²) in [6.07, 6.45) is 8.44. The summed E-state index contributed by atoms with van der Waals surface area (Å²) >= 11 is 0. The number of imidazole rings is 1. The van der Waals surface area contributed by atoms with Crippen LogP contribution in [0.1, 0.15) is 55.6 Å². The highest BCUT2D eigenvalue weighted by Gasteiger charge is 2.35. The van der Waals surface area contributed by atoms with Crippen LogP contribution < -0.4 is 11.1 Å². The first-order valence-corrected chi connectivity index (χ1v) is 13.8. The molecule has 6 rings (SSSR count). The average Bonchev–Trinajstić information content (AvgIpc) is 3.35. The van der Waals surface area contributed by atoms with E-state index in [0.29, 0.717) is 36.2 Å². The Morgan fingerprint density at radius 3 is 2.55 bits per heavy atom. The van der Waals surface area contributed by atoms with E-state index in [-0.39, 0.29) is 35.2 Å². The van der Waals surface area contributed by atoms with Gasteiger partial charge in [0, 0.05) is 32.6 Å². The number of anilines is 2. The molecule has 0 spiro atoms. The summed E-state index contributed by atoms with van der Waals surface area (Å²) in [6.45, 7) is 3.36. The Morgan fingerprint density at radius 1 is 1.05 bits per heavy atom. The quantitative estimate of drug-likeness (QED) is 0.325. The van der Waals surface area contributed by atoms with E-state index in [4.69, 9.17) is 15.2 Å². The number of nitrogens with two attached hydrogens (primary N) is 1.